The van der Waals surface area contributed by atoms with Gasteiger partial charge in [-0.15, -0.1) is 0 Å². The summed E-state index contributed by atoms with van der Waals surface area (Å²) in [5.41, 5.74) is 7.38. The molecule has 0 radical (unpaired) electrons. The van der Waals surface area contributed by atoms with E-state index < -0.39 is 0 Å². The number of nitrogens with two attached hydrogens (primary N) is 1. The summed E-state index contributed by atoms with van der Waals surface area (Å²) >= 11 is 0. The van der Waals surface area contributed by atoms with E-state index in [1.807, 2.05) is 0 Å². The third kappa shape index (κ3) is 4.60. The highest BCUT2D eigenvalue weighted by atomic mass is 16.5. The van der Waals surface area contributed by atoms with Gasteiger partial charge in [-0.05, 0) is 32.8 Å². The van der Waals surface area contributed by atoms with Crippen LogP contribution in [-0.4, -0.2) is 43.3 Å². The van der Waals surface area contributed by atoms with Crippen LogP contribution < -0.4 is 5.73 Å². The van der Waals surface area contributed by atoms with Gasteiger partial charge in [0.25, 0.3) is 0 Å². The Labute approximate surface area is 117 Å². The second kappa shape index (κ2) is 7.63. The molecule has 1 atom stereocenters. The van der Waals surface area contributed by atoms with Gasteiger partial charge in [-0.2, -0.15) is 0 Å². The summed E-state index contributed by atoms with van der Waals surface area (Å²) in [6.07, 6.45) is 0.965. The van der Waals surface area contributed by atoms with Crippen molar-refractivity contribution in [1.82, 2.24) is 4.90 Å². The van der Waals surface area contributed by atoms with Crippen LogP contribution in [0.4, 0.5) is 0 Å². The summed E-state index contributed by atoms with van der Waals surface area (Å²) in [6, 6.07) is 11.0. The molecule has 0 amide bonds. The second-order valence-corrected chi connectivity index (χ2v) is 5.64. The van der Waals surface area contributed by atoms with Crippen molar-refractivity contribution in [2.45, 2.75) is 38.8 Å². The molecule has 0 spiro atoms. The van der Waals surface area contributed by atoms with Crippen molar-refractivity contribution < 1.29 is 4.74 Å². The quantitative estimate of drug-likeness (QED) is 0.783. The van der Waals surface area contributed by atoms with Crippen molar-refractivity contribution in [2.24, 2.45) is 5.73 Å². The Morgan fingerprint density at radius 2 is 1.89 bits per heavy atom. The van der Waals surface area contributed by atoms with Crippen LogP contribution in [0.2, 0.25) is 0 Å². The Kier molecular flexibility index (Phi) is 6.49. The highest BCUT2D eigenvalue weighted by Crippen LogP contribution is 2.22. The lowest BCUT2D eigenvalue weighted by Crippen LogP contribution is -2.56. The molecule has 1 unspecified atom stereocenters. The van der Waals surface area contributed by atoms with E-state index in [9.17, 15) is 0 Å². The average molecular weight is 264 g/mol. The minimum absolute atomic E-state index is 0.0337. The highest BCUT2D eigenvalue weighted by molar-refractivity contribution is 5.18. The first-order chi connectivity index (χ1) is 9.03. The SMILES string of the molecule is COCCN(C(C)C)C(C)(CN)Cc1ccccc1. The van der Waals surface area contributed by atoms with Crippen LogP contribution in [0.1, 0.15) is 26.3 Å². The standard InChI is InChI=1S/C16H28N2O/c1-14(2)18(10-11-19-4)16(3,13-17)12-15-8-6-5-7-9-15/h5-9,14H,10-13,17H2,1-4H3. The van der Waals surface area contributed by atoms with Crippen LogP contribution in [0.3, 0.4) is 0 Å². The van der Waals surface area contributed by atoms with E-state index in [0.29, 0.717) is 12.6 Å². The molecular formula is C16H28N2O. The molecule has 1 aromatic rings. The zero-order valence-electron chi connectivity index (χ0n) is 12.7. The van der Waals surface area contributed by atoms with Gasteiger partial charge < -0.3 is 10.5 Å². The molecule has 0 bridgehead atoms. The van der Waals surface area contributed by atoms with E-state index in [2.05, 4.69) is 56.0 Å². The number of ether oxygens (including phenoxy) is 1. The van der Waals surface area contributed by atoms with Crippen molar-refractivity contribution in [3.05, 3.63) is 35.9 Å². The van der Waals surface area contributed by atoms with Crippen LogP contribution in [0.15, 0.2) is 30.3 Å². The molecule has 108 valence electrons. The van der Waals surface area contributed by atoms with Crippen LogP contribution in [0.5, 0.6) is 0 Å². The van der Waals surface area contributed by atoms with Crippen LogP contribution in [-0.2, 0) is 11.2 Å². The van der Waals surface area contributed by atoms with E-state index in [0.717, 1.165) is 19.6 Å². The molecule has 0 aromatic heterocycles. The number of nitrogens with zero attached hydrogens (tertiary/aromatic N) is 1. The number of hydrogen-bond donors (Lipinski definition) is 1. The van der Waals surface area contributed by atoms with Gasteiger partial charge in [0.15, 0.2) is 0 Å². The van der Waals surface area contributed by atoms with Gasteiger partial charge in [0.1, 0.15) is 0 Å². The maximum Gasteiger partial charge on any atom is 0.0590 e. The van der Waals surface area contributed by atoms with Gasteiger partial charge in [0.2, 0.25) is 0 Å². The van der Waals surface area contributed by atoms with Gasteiger partial charge in [-0.1, -0.05) is 30.3 Å². The fraction of sp³-hybridized carbons (Fsp3) is 0.625. The fourth-order valence-electron chi connectivity index (χ4n) is 2.67. The molecule has 1 aromatic carbocycles. The van der Waals surface area contributed by atoms with Gasteiger partial charge in [-0.25, -0.2) is 0 Å². The molecule has 0 saturated heterocycles. The number of benzene rings is 1. The summed E-state index contributed by atoms with van der Waals surface area (Å²) < 4.78 is 5.23. The zero-order valence-corrected chi connectivity index (χ0v) is 12.7. The lowest BCUT2D eigenvalue weighted by atomic mass is 9.89. The smallest absolute Gasteiger partial charge is 0.0590 e. The van der Waals surface area contributed by atoms with Gasteiger partial charge >= 0.3 is 0 Å². The third-order valence-corrected chi connectivity index (χ3v) is 3.72. The van der Waals surface area contributed by atoms with E-state index in [-0.39, 0.29) is 5.54 Å². The van der Waals surface area contributed by atoms with Crippen molar-refractivity contribution in [2.75, 3.05) is 26.8 Å². The second-order valence-electron chi connectivity index (χ2n) is 5.64. The minimum atomic E-state index is -0.0337. The molecule has 0 aliphatic rings. The molecule has 0 heterocycles. The predicted molar refractivity (Wildman–Crippen MR) is 81.3 cm³/mol. The van der Waals surface area contributed by atoms with Crippen molar-refractivity contribution >= 4 is 0 Å². The van der Waals surface area contributed by atoms with E-state index in [1.165, 1.54) is 5.56 Å². The minimum Gasteiger partial charge on any atom is -0.383 e. The first kappa shape index (κ1) is 16.2. The average Bonchev–Trinajstić information content (AvgIpc) is 2.40. The van der Waals surface area contributed by atoms with Crippen LogP contribution in [0, 0.1) is 0 Å². The Morgan fingerprint density at radius 1 is 1.26 bits per heavy atom. The maximum atomic E-state index is 6.08. The van der Waals surface area contributed by atoms with Gasteiger partial charge in [0.05, 0.1) is 6.61 Å². The van der Waals surface area contributed by atoms with Crippen molar-refractivity contribution in [3.8, 4) is 0 Å². The number of rotatable bonds is 8. The Hall–Kier alpha value is -0.900. The first-order valence-corrected chi connectivity index (χ1v) is 7.03. The van der Waals surface area contributed by atoms with Crippen molar-refractivity contribution in [1.29, 1.82) is 0 Å². The molecule has 3 nitrogen and oxygen atoms in total. The van der Waals surface area contributed by atoms with Crippen LogP contribution in [0.25, 0.3) is 0 Å². The topological polar surface area (TPSA) is 38.5 Å². The zero-order chi connectivity index (χ0) is 14.3. The van der Waals surface area contributed by atoms with E-state index in [1.54, 1.807) is 7.11 Å². The number of methoxy groups -OCH3 is 1. The lowest BCUT2D eigenvalue weighted by Gasteiger charge is -2.43. The highest BCUT2D eigenvalue weighted by Gasteiger charge is 2.32. The Bertz CT molecular complexity index is 353. The van der Waals surface area contributed by atoms with Crippen LogP contribution >= 0.6 is 0 Å². The molecule has 2 N–H and O–H groups in total. The van der Waals surface area contributed by atoms with Gasteiger partial charge in [-0.3, -0.25) is 4.90 Å². The Balaban J connectivity index is 2.86. The summed E-state index contributed by atoms with van der Waals surface area (Å²) in [4.78, 5) is 2.45. The van der Waals surface area contributed by atoms with Crippen molar-refractivity contribution in [3.63, 3.8) is 0 Å². The normalized spacial score (nSPS) is 14.9. The molecule has 0 aliphatic carbocycles. The molecular weight excluding hydrogens is 236 g/mol. The molecule has 0 fully saturated rings. The van der Waals surface area contributed by atoms with E-state index in [4.69, 9.17) is 10.5 Å². The first-order valence-electron chi connectivity index (χ1n) is 7.03. The van der Waals surface area contributed by atoms with Gasteiger partial charge in [0, 0.05) is 31.8 Å². The number of hydrogen-bond acceptors (Lipinski definition) is 3. The maximum absolute atomic E-state index is 6.08. The summed E-state index contributed by atoms with van der Waals surface area (Å²) in [7, 11) is 1.75. The third-order valence-electron chi connectivity index (χ3n) is 3.72. The monoisotopic (exact) mass is 264 g/mol. The Morgan fingerprint density at radius 3 is 2.37 bits per heavy atom. The fourth-order valence-corrected chi connectivity index (χ4v) is 2.67. The molecule has 19 heavy (non-hydrogen) atoms. The molecule has 0 saturated carbocycles. The summed E-state index contributed by atoms with van der Waals surface area (Å²) in [5, 5.41) is 0. The molecule has 3 heteroatoms. The molecule has 0 aliphatic heterocycles. The predicted octanol–water partition coefficient (Wildman–Crippen LogP) is 2.30. The summed E-state index contributed by atoms with van der Waals surface area (Å²) in [6.45, 7) is 8.97. The molecule has 1 rings (SSSR count). The largest absolute Gasteiger partial charge is 0.383 e. The lowest BCUT2D eigenvalue weighted by molar-refractivity contribution is 0.0450. The summed E-state index contributed by atoms with van der Waals surface area (Å²) in [5.74, 6) is 0. The van der Waals surface area contributed by atoms with E-state index >= 15 is 0 Å².